The zero-order chi connectivity index (χ0) is 13.8. The minimum absolute atomic E-state index is 0.195. The van der Waals surface area contributed by atoms with Crippen LogP contribution in [0.15, 0.2) is 40.2 Å². The average Bonchev–Trinajstić information content (AvgIpc) is 2.42. The van der Waals surface area contributed by atoms with Gasteiger partial charge in [0.25, 0.3) is 11.5 Å². The SMILES string of the molecule is NNC(=O)c1ccc(Cn2ccc(=O)[nH]c2=O)nc1. The van der Waals surface area contributed by atoms with Gasteiger partial charge < -0.3 is 0 Å². The van der Waals surface area contributed by atoms with E-state index in [1.165, 1.54) is 23.0 Å². The number of aromatic amines is 1. The van der Waals surface area contributed by atoms with Gasteiger partial charge in [0.2, 0.25) is 0 Å². The average molecular weight is 261 g/mol. The van der Waals surface area contributed by atoms with Crippen LogP contribution in [0.1, 0.15) is 16.1 Å². The van der Waals surface area contributed by atoms with Crippen LogP contribution in [0.3, 0.4) is 0 Å². The Morgan fingerprint density at radius 3 is 2.74 bits per heavy atom. The third-order valence-corrected chi connectivity index (χ3v) is 2.45. The molecule has 1 amide bonds. The van der Waals surface area contributed by atoms with E-state index in [9.17, 15) is 14.4 Å². The molecule has 4 N–H and O–H groups in total. The van der Waals surface area contributed by atoms with Crippen molar-refractivity contribution in [1.82, 2.24) is 20.0 Å². The van der Waals surface area contributed by atoms with Crippen molar-refractivity contribution < 1.29 is 4.79 Å². The van der Waals surface area contributed by atoms with Crippen LogP contribution in [0.5, 0.6) is 0 Å². The van der Waals surface area contributed by atoms with Gasteiger partial charge in [0, 0.05) is 18.5 Å². The highest BCUT2D eigenvalue weighted by atomic mass is 16.2. The highest BCUT2D eigenvalue weighted by Gasteiger charge is 2.04. The summed E-state index contributed by atoms with van der Waals surface area (Å²) in [5.74, 6) is 4.55. The number of nitrogens with zero attached hydrogens (tertiary/aromatic N) is 2. The van der Waals surface area contributed by atoms with Gasteiger partial charge in [-0.15, -0.1) is 0 Å². The van der Waals surface area contributed by atoms with Gasteiger partial charge in [-0.25, -0.2) is 10.6 Å². The van der Waals surface area contributed by atoms with Crippen molar-refractivity contribution in [2.75, 3.05) is 0 Å². The molecule has 19 heavy (non-hydrogen) atoms. The second-order valence-corrected chi connectivity index (χ2v) is 3.75. The highest BCUT2D eigenvalue weighted by Crippen LogP contribution is 2.01. The molecule has 2 aromatic rings. The Hall–Kier alpha value is -2.74. The van der Waals surface area contributed by atoms with Crippen molar-refractivity contribution in [3.8, 4) is 0 Å². The lowest BCUT2D eigenvalue weighted by atomic mass is 10.2. The lowest BCUT2D eigenvalue weighted by molar-refractivity contribution is 0.0953. The number of hydrazine groups is 1. The molecule has 0 bridgehead atoms. The number of hydrogen-bond donors (Lipinski definition) is 3. The van der Waals surface area contributed by atoms with Crippen LogP contribution in [0.4, 0.5) is 0 Å². The largest absolute Gasteiger partial charge is 0.328 e. The van der Waals surface area contributed by atoms with Crippen molar-refractivity contribution in [3.05, 3.63) is 62.7 Å². The first-order valence-corrected chi connectivity index (χ1v) is 5.36. The van der Waals surface area contributed by atoms with Crippen LogP contribution < -0.4 is 22.5 Å². The molecule has 2 rings (SSSR count). The Morgan fingerprint density at radius 2 is 2.16 bits per heavy atom. The zero-order valence-electron chi connectivity index (χ0n) is 9.79. The van der Waals surface area contributed by atoms with Gasteiger partial charge >= 0.3 is 5.69 Å². The molecular weight excluding hydrogens is 250 g/mol. The topological polar surface area (TPSA) is 123 Å². The number of carbonyl (C=O) groups excluding carboxylic acids is 1. The Balaban J connectivity index is 2.22. The summed E-state index contributed by atoms with van der Waals surface area (Å²) in [7, 11) is 0. The molecule has 0 aliphatic carbocycles. The fourth-order valence-electron chi connectivity index (χ4n) is 1.48. The third kappa shape index (κ3) is 2.93. The van der Waals surface area contributed by atoms with Gasteiger partial charge in [0.05, 0.1) is 17.8 Å². The third-order valence-electron chi connectivity index (χ3n) is 2.45. The van der Waals surface area contributed by atoms with E-state index in [1.54, 1.807) is 12.1 Å². The molecule has 0 saturated heterocycles. The molecule has 0 aliphatic heterocycles. The molecule has 98 valence electrons. The molecule has 2 heterocycles. The maximum absolute atomic E-state index is 11.5. The standard InChI is InChI=1S/C11H11N5O3/c12-15-10(18)7-1-2-8(13-5-7)6-16-4-3-9(17)14-11(16)19/h1-5H,6,12H2,(H,15,18)(H,14,17,19). The summed E-state index contributed by atoms with van der Waals surface area (Å²) in [6.45, 7) is 0.195. The van der Waals surface area contributed by atoms with E-state index < -0.39 is 17.2 Å². The van der Waals surface area contributed by atoms with Gasteiger partial charge in [0.1, 0.15) is 0 Å². The molecule has 0 spiro atoms. The maximum atomic E-state index is 11.5. The fourth-order valence-corrected chi connectivity index (χ4v) is 1.48. The Morgan fingerprint density at radius 1 is 1.37 bits per heavy atom. The number of pyridine rings is 1. The van der Waals surface area contributed by atoms with E-state index in [1.807, 2.05) is 5.43 Å². The minimum Gasteiger partial charge on any atom is -0.295 e. The summed E-state index contributed by atoms with van der Waals surface area (Å²) in [4.78, 5) is 39.8. The van der Waals surface area contributed by atoms with E-state index in [-0.39, 0.29) is 6.54 Å². The minimum atomic E-state index is -0.516. The smallest absolute Gasteiger partial charge is 0.295 e. The van der Waals surface area contributed by atoms with Crippen molar-refractivity contribution in [3.63, 3.8) is 0 Å². The molecule has 0 aliphatic rings. The van der Waals surface area contributed by atoms with Crippen LogP contribution in [0, 0.1) is 0 Å². The van der Waals surface area contributed by atoms with E-state index in [2.05, 4.69) is 9.97 Å². The Bertz CT molecular complexity index is 701. The molecule has 2 aromatic heterocycles. The molecule has 0 aromatic carbocycles. The zero-order valence-corrected chi connectivity index (χ0v) is 9.79. The first-order valence-electron chi connectivity index (χ1n) is 5.36. The van der Waals surface area contributed by atoms with Crippen LogP contribution in [-0.2, 0) is 6.54 Å². The number of aromatic nitrogens is 3. The van der Waals surface area contributed by atoms with E-state index in [0.29, 0.717) is 11.3 Å². The molecular formula is C11H11N5O3. The molecule has 0 atom stereocenters. The molecule has 0 saturated carbocycles. The van der Waals surface area contributed by atoms with Gasteiger partial charge in [0.15, 0.2) is 0 Å². The van der Waals surface area contributed by atoms with E-state index in [0.717, 1.165) is 0 Å². The molecule has 8 heteroatoms. The lowest BCUT2D eigenvalue weighted by Crippen LogP contribution is -2.30. The van der Waals surface area contributed by atoms with Crippen LogP contribution in [-0.4, -0.2) is 20.4 Å². The first kappa shape index (κ1) is 12.7. The number of H-pyrrole nitrogens is 1. The molecule has 0 fully saturated rings. The molecule has 8 nitrogen and oxygen atoms in total. The first-order chi connectivity index (χ1) is 9.10. The predicted octanol–water partition coefficient (Wildman–Crippen LogP) is -1.42. The van der Waals surface area contributed by atoms with Crippen LogP contribution in [0.2, 0.25) is 0 Å². The summed E-state index contributed by atoms with van der Waals surface area (Å²) in [5.41, 5.74) is 1.91. The Labute approximate surface area is 106 Å². The number of carbonyl (C=O) groups is 1. The molecule has 0 radical (unpaired) electrons. The van der Waals surface area contributed by atoms with E-state index >= 15 is 0 Å². The summed E-state index contributed by atoms with van der Waals surface area (Å²) < 4.78 is 1.30. The number of nitrogens with one attached hydrogen (secondary N) is 2. The second-order valence-electron chi connectivity index (χ2n) is 3.75. The normalized spacial score (nSPS) is 10.2. The van der Waals surface area contributed by atoms with Crippen molar-refractivity contribution in [2.45, 2.75) is 6.54 Å². The monoisotopic (exact) mass is 261 g/mol. The lowest BCUT2D eigenvalue weighted by Gasteiger charge is -2.04. The summed E-state index contributed by atoms with van der Waals surface area (Å²) in [6.07, 6.45) is 2.73. The highest BCUT2D eigenvalue weighted by molar-refractivity contribution is 5.93. The second kappa shape index (κ2) is 5.27. The van der Waals surface area contributed by atoms with Gasteiger partial charge in [-0.2, -0.15) is 0 Å². The number of amides is 1. The van der Waals surface area contributed by atoms with Crippen molar-refractivity contribution in [1.29, 1.82) is 0 Å². The number of hydrogen-bond acceptors (Lipinski definition) is 5. The fraction of sp³-hybridized carbons (Fsp3) is 0.0909. The number of nitrogen functional groups attached to an aromatic ring is 1. The van der Waals surface area contributed by atoms with Gasteiger partial charge in [-0.1, -0.05) is 0 Å². The van der Waals surface area contributed by atoms with Crippen molar-refractivity contribution in [2.24, 2.45) is 5.84 Å². The number of nitrogens with two attached hydrogens (primary N) is 1. The van der Waals surface area contributed by atoms with Crippen LogP contribution in [0.25, 0.3) is 0 Å². The predicted molar refractivity (Wildman–Crippen MR) is 66.3 cm³/mol. The number of rotatable bonds is 3. The van der Waals surface area contributed by atoms with Gasteiger partial charge in [-0.05, 0) is 12.1 Å². The van der Waals surface area contributed by atoms with E-state index in [4.69, 9.17) is 5.84 Å². The summed E-state index contributed by atoms with van der Waals surface area (Å²) >= 11 is 0. The van der Waals surface area contributed by atoms with Crippen molar-refractivity contribution >= 4 is 5.91 Å². The maximum Gasteiger partial charge on any atom is 0.328 e. The van der Waals surface area contributed by atoms with Crippen LogP contribution >= 0.6 is 0 Å². The van der Waals surface area contributed by atoms with Gasteiger partial charge in [-0.3, -0.25) is 29.5 Å². The summed E-state index contributed by atoms with van der Waals surface area (Å²) in [5, 5.41) is 0. The Kier molecular flexibility index (Phi) is 3.53. The summed E-state index contributed by atoms with van der Waals surface area (Å²) in [6, 6.07) is 4.39. The molecule has 0 unspecified atom stereocenters. The quantitative estimate of drug-likeness (QED) is 0.355.